The summed E-state index contributed by atoms with van der Waals surface area (Å²) in [5.74, 6) is -0.903. The first kappa shape index (κ1) is 64.8. The lowest BCUT2D eigenvalue weighted by Crippen LogP contribution is -2.30. The summed E-state index contributed by atoms with van der Waals surface area (Å²) in [4.78, 5) is 38.2. The van der Waals surface area contributed by atoms with Crippen LogP contribution >= 0.6 is 0 Å². The summed E-state index contributed by atoms with van der Waals surface area (Å²) in [5, 5.41) is 0. The monoisotopic (exact) mass is 949 g/mol. The molecule has 0 heterocycles. The van der Waals surface area contributed by atoms with Crippen LogP contribution in [-0.2, 0) is 28.6 Å². The number of unbranched alkanes of at least 4 members (excludes halogenated alkanes) is 33. The summed E-state index contributed by atoms with van der Waals surface area (Å²) in [7, 11) is 0. The number of allylic oxidation sites excluding steroid dienone is 12. The van der Waals surface area contributed by atoms with Crippen molar-refractivity contribution < 1.29 is 28.6 Å². The van der Waals surface area contributed by atoms with E-state index in [1.54, 1.807) is 0 Å². The van der Waals surface area contributed by atoms with Crippen LogP contribution in [-0.4, -0.2) is 37.2 Å². The average molecular weight is 950 g/mol. The first-order valence-electron chi connectivity index (χ1n) is 29.0. The van der Waals surface area contributed by atoms with Crippen molar-refractivity contribution in [3.8, 4) is 0 Å². The standard InChI is InChI=1S/C62H108O6/c1-4-7-10-13-16-19-22-25-28-30-32-34-37-40-43-46-49-52-55-61(64)67-58-59(57-66-60(63)54-51-48-45-42-39-36-33-27-24-21-18-15-12-9-6-3)68-62(65)56-53-50-47-44-41-38-35-31-29-26-23-20-17-14-11-8-5-2/h10,13,16,19,22,25-26,28-30,32,34,59H,4-9,11-12,14-15,17-18,20-21,23-24,27,31,33,35-58H2,1-3H3/b13-10-,19-16-,25-22-,29-26-,30-28-,34-32-. The Labute approximate surface area is 421 Å². The van der Waals surface area contributed by atoms with E-state index >= 15 is 0 Å². The van der Waals surface area contributed by atoms with Crippen molar-refractivity contribution >= 4 is 17.9 Å². The molecule has 0 aromatic heterocycles. The predicted molar refractivity (Wildman–Crippen MR) is 293 cm³/mol. The zero-order valence-corrected chi connectivity index (χ0v) is 44.9. The fraction of sp³-hybridized carbons (Fsp3) is 0.758. The van der Waals surface area contributed by atoms with Crippen LogP contribution in [0, 0.1) is 0 Å². The molecule has 0 saturated heterocycles. The third-order valence-electron chi connectivity index (χ3n) is 12.5. The number of carbonyl (C=O) groups excluding carboxylic acids is 3. The van der Waals surface area contributed by atoms with E-state index in [0.29, 0.717) is 19.3 Å². The quantitative estimate of drug-likeness (QED) is 0.0199. The Morgan fingerprint density at radius 3 is 0.926 bits per heavy atom. The number of carbonyl (C=O) groups is 3. The normalized spacial score (nSPS) is 12.6. The number of hydrogen-bond donors (Lipinski definition) is 0. The van der Waals surface area contributed by atoms with Crippen molar-refractivity contribution in [2.75, 3.05) is 13.2 Å². The zero-order chi connectivity index (χ0) is 49.3. The second-order valence-corrected chi connectivity index (χ2v) is 19.3. The third-order valence-corrected chi connectivity index (χ3v) is 12.5. The molecule has 0 radical (unpaired) electrons. The highest BCUT2D eigenvalue weighted by Gasteiger charge is 2.19. The maximum atomic E-state index is 12.9. The van der Waals surface area contributed by atoms with Gasteiger partial charge in [-0.1, -0.05) is 273 Å². The molecule has 0 rings (SSSR count). The number of rotatable bonds is 52. The molecule has 0 aromatic carbocycles. The van der Waals surface area contributed by atoms with Crippen molar-refractivity contribution in [1.82, 2.24) is 0 Å². The Morgan fingerprint density at radius 1 is 0.294 bits per heavy atom. The molecule has 6 heteroatoms. The van der Waals surface area contributed by atoms with E-state index in [4.69, 9.17) is 14.2 Å². The van der Waals surface area contributed by atoms with Crippen LogP contribution in [0.15, 0.2) is 72.9 Å². The van der Waals surface area contributed by atoms with Crippen molar-refractivity contribution in [1.29, 1.82) is 0 Å². The molecule has 0 saturated carbocycles. The molecular weight excluding hydrogens is 841 g/mol. The molecule has 1 atom stereocenters. The summed E-state index contributed by atoms with van der Waals surface area (Å²) in [6, 6.07) is 0. The van der Waals surface area contributed by atoms with Gasteiger partial charge >= 0.3 is 17.9 Å². The largest absolute Gasteiger partial charge is 0.462 e. The zero-order valence-electron chi connectivity index (χ0n) is 44.9. The van der Waals surface area contributed by atoms with Crippen molar-refractivity contribution in [3.63, 3.8) is 0 Å². The molecule has 0 N–H and O–H groups in total. The number of hydrogen-bond acceptors (Lipinski definition) is 6. The van der Waals surface area contributed by atoms with Gasteiger partial charge in [-0.3, -0.25) is 14.4 Å². The number of esters is 3. The van der Waals surface area contributed by atoms with E-state index in [-0.39, 0.29) is 31.1 Å². The highest BCUT2D eigenvalue weighted by Crippen LogP contribution is 2.16. The summed E-state index contributed by atoms with van der Waals surface area (Å²) in [6.45, 7) is 6.55. The minimum atomic E-state index is -0.787. The third kappa shape index (κ3) is 53.8. The summed E-state index contributed by atoms with van der Waals surface area (Å²) >= 11 is 0. The van der Waals surface area contributed by atoms with E-state index in [9.17, 15) is 14.4 Å². The molecule has 0 aliphatic heterocycles. The van der Waals surface area contributed by atoms with Crippen LogP contribution in [0.25, 0.3) is 0 Å². The molecule has 0 aliphatic carbocycles. The molecule has 0 aromatic rings. The van der Waals surface area contributed by atoms with Crippen LogP contribution in [0.5, 0.6) is 0 Å². The van der Waals surface area contributed by atoms with Gasteiger partial charge in [-0.05, 0) is 64.2 Å². The molecule has 0 amide bonds. The molecule has 1 unspecified atom stereocenters. The Kier molecular flexibility index (Phi) is 53.8. The minimum Gasteiger partial charge on any atom is -0.462 e. The van der Waals surface area contributed by atoms with Crippen LogP contribution in [0.3, 0.4) is 0 Å². The molecular formula is C62H108O6. The smallest absolute Gasteiger partial charge is 0.306 e. The lowest BCUT2D eigenvalue weighted by molar-refractivity contribution is -0.167. The van der Waals surface area contributed by atoms with Gasteiger partial charge in [0.2, 0.25) is 0 Å². The van der Waals surface area contributed by atoms with Crippen molar-refractivity contribution in [2.45, 2.75) is 290 Å². The minimum absolute atomic E-state index is 0.0832. The first-order valence-corrected chi connectivity index (χ1v) is 29.0. The van der Waals surface area contributed by atoms with Crippen molar-refractivity contribution in [3.05, 3.63) is 72.9 Å². The van der Waals surface area contributed by atoms with Gasteiger partial charge in [0.25, 0.3) is 0 Å². The molecule has 0 bridgehead atoms. The topological polar surface area (TPSA) is 78.9 Å². The van der Waals surface area contributed by atoms with Gasteiger partial charge in [-0.15, -0.1) is 0 Å². The fourth-order valence-electron chi connectivity index (χ4n) is 8.17. The van der Waals surface area contributed by atoms with Crippen LogP contribution in [0.4, 0.5) is 0 Å². The van der Waals surface area contributed by atoms with E-state index in [1.807, 2.05) is 24.3 Å². The molecule has 0 fully saturated rings. The second kappa shape index (κ2) is 56.4. The lowest BCUT2D eigenvalue weighted by atomic mass is 10.0. The van der Waals surface area contributed by atoms with Crippen LogP contribution in [0.1, 0.15) is 284 Å². The van der Waals surface area contributed by atoms with Crippen LogP contribution in [0.2, 0.25) is 0 Å². The van der Waals surface area contributed by atoms with E-state index in [1.165, 1.54) is 161 Å². The maximum absolute atomic E-state index is 12.9. The van der Waals surface area contributed by atoms with E-state index in [0.717, 1.165) is 83.5 Å². The Balaban J connectivity index is 4.43. The summed E-state index contributed by atoms with van der Waals surface area (Å²) < 4.78 is 16.9. The SMILES string of the molecule is CCC\C=C/C=C\C=C/C=C\C=C/CCCCCCCC(=O)OCC(COC(=O)CCCCCCCCCCCCCCCCC)OC(=O)CCCCCCCCC/C=C\CCCCCCCC. The number of ether oxygens (including phenoxy) is 3. The predicted octanol–water partition coefficient (Wildman–Crippen LogP) is 19.4. The Hall–Kier alpha value is -3.15. The maximum Gasteiger partial charge on any atom is 0.306 e. The van der Waals surface area contributed by atoms with Gasteiger partial charge in [0.1, 0.15) is 13.2 Å². The molecule has 6 nitrogen and oxygen atoms in total. The van der Waals surface area contributed by atoms with Gasteiger partial charge in [0.15, 0.2) is 6.10 Å². The molecule has 0 spiro atoms. The first-order chi connectivity index (χ1) is 33.5. The second-order valence-electron chi connectivity index (χ2n) is 19.3. The van der Waals surface area contributed by atoms with Gasteiger partial charge in [0.05, 0.1) is 0 Å². The van der Waals surface area contributed by atoms with Gasteiger partial charge in [-0.25, -0.2) is 0 Å². The van der Waals surface area contributed by atoms with Gasteiger partial charge in [-0.2, -0.15) is 0 Å². The van der Waals surface area contributed by atoms with Crippen LogP contribution < -0.4 is 0 Å². The molecule has 0 aliphatic rings. The summed E-state index contributed by atoms with van der Waals surface area (Å²) in [5.41, 5.74) is 0. The van der Waals surface area contributed by atoms with E-state index < -0.39 is 6.10 Å². The van der Waals surface area contributed by atoms with Gasteiger partial charge in [0, 0.05) is 19.3 Å². The Morgan fingerprint density at radius 2 is 0.574 bits per heavy atom. The fourth-order valence-corrected chi connectivity index (χ4v) is 8.17. The summed E-state index contributed by atoms with van der Waals surface area (Å²) in [6.07, 6.45) is 71.6. The highest BCUT2D eigenvalue weighted by atomic mass is 16.6. The highest BCUT2D eigenvalue weighted by molar-refractivity contribution is 5.71. The van der Waals surface area contributed by atoms with Gasteiger partial charge < -0.3 is 14.2 Å². The lowest BCUT2D eigenvalue weighted by Gasteiger charge is -2.18. The average Bonchev–Trinajstić information content (AvgIpc) is 3.34. The van der Waals surface area contributed by atoms with E-state index in [2.05, 4.69) is 69.4 Å². The Bertz CT molecular complexity index is 1270. The molecule has 392 valence electrons. The molecule has 68 heavy (non-hydrogen) atoms. The van der Waals surface area contributed by atoms with Crippen molar-refractivity contribution in [2.24, 2.45) is 0 Å².